The molecule has 0 amide bonds. The Hall–Kier alpha value is -0.0500. The van der Waals surface area contributed by atoms with Gasteiger partial charge in [0.05, 0.1) is 0 Å². The van der Waals surface area contributed by atoms with Gasteiger partial charge in [-0.1, -0.05) is 38.7 Å². The van der Waals surface area contributed by atoms with Crippen LogP contribution in [-0.2, 0) is 0 Å². The van der Waals surface area contributed by atoms with Crippen LogP contribution in [0.2, 0.25) is 0 Å². The maximum atomic E-state index is 3.89. The van der Waals surface area contributed by atoms with E-state index in [1.165, 1.54) is 0 Å². The Morgan fingerprint density at radius 1 is 1.30 bits per heavy atom. The molecule has 0 rings (SSSR count). The molecule has 0 fully saturated rings. The zero-order valence-electron chi connectivity index (χ0n) is 6.52. The third kappa shape index (κ3) is 4.79. The molecule has 0 spiro atoms. The molecular formula is C9H13I. The number of rotatable bonds is 3. The molecule has 0 saturated carbocycles. The highest BCUT2D eigenvalue weighted by atomic mass is 127. The molecule has 0 aromatic carbocycles. The van der Waals surface area contributed by atoms with Crippen LogP contribution in [0.3, 0.4) is 0 Å². The van der Waals surface area contributed by atoms with Gasteiger partial charge in [0.15, 0.2) is 0 Å². The van der Waals surface area contributed by atoms with Crippen molar-refractivity contribution < 1.29 is 0 Å². The molecule has 0 N–H and O–H groups in total. The van der Waals surface area contributed by atoms with Gasteiger partial charge in [0.2, 0.25) is 0 Å². The molecule has 0 saturated heterocycles. The van der Waals surface area contributed by atoms with Crippen LogP contribution < -0.4 is 0 Å². The summed E-state index contributed by atoms with van der Waals surface area (Å²) in [4.78, 5) is 0. The lowest BCUT2D eigenvalue weighted by Crippen LogP contribution is -1.86. The Balaban J connectivity index is 3.90. The fraction of sp³-hybridized carbons (Fsp3) is 0.333. The quantitative estimate of drug-likeness (QED) is 0.527. The topological polar surface area (TPSA) is 0 Å². The fourth-order valence-electron chi connectivity index (χ4n) is 0.390. The zero-order valence-corrected chi connectivity index (χ0v) is 8.68. The highest BCUT2D eigenvalue weighted by Crippen LogP contribution is 2.11. The lowest BCUT2D eigenvalue weighted by molar-refractivity contribution is 0.795. The van der Waals surface area contributed by atoms with Crippen LogP contribution >= 0.6 is 22.6 Å². The van der Waals surface area contributed by atoms with E-state index in [2.05, 4.69) is 49.6 Å². The van der Waals surface area contributed by atoms with Crippen LogP contribution in [0.5, 0.6) is 0 Å². The lowest BCUT2D eigenvalue weighted by Gasteiger charge is -2.01. The standard InChI is InChI=1S/C9H13I/c1-7(2)8(3)5-6-9(4)10/h5-7H,3-4H2,1-2H3/b6-5-. The van der Waals surface area contributed by atoms with Gasteiger partial charge >= 0.3 is 0 Å². The van der Waals surface area contributed by atoms with Crippen molar-refractivity contribution in [2.24, 2.45) is 5.92 Å². The van der Waals surface area contributed by atoms with Crippen molar-refractivity contribution in [1.82, 2.24) is 0 Å². The van der Waals surface area contributed by atoms with E-state index in [-0.39, 0.29) is 0 Å². The first-order valence-corrected chi connectivity index (χ1v) is 4.33. The fourth-order valence-corrected chi connectivity index (χ4v) is 0.570. The van der Waals surface area contributed by atoms with Crippen LogP contribution in [0.4, 0.5) is 0 Å². The van der Waals surface area contributed by atoms with E-state index in [4.69, 9.17) is 0 Å². The predicted molar refractivity (Wildman–Crippen MR) is 56.3 cm³/mol. The molecule has 0 aliphatic carbocycles. The Bertz CT molecular complexity index is 164. The summed E-state index contributed by atoms with van der Waals surface area (Å²) >= 11 is 2.18. The minimum absolute atomic E-state index is 0.534. The molecule has 0 aromatic heterocycles. The summed E-state index contributed by atoms with van der Waals surface area (Å²) in [6.07, 6.45) is 3.99. The molecule has 0 heterocycles. The van der Waals surface area contributed by atoms with Crippen LogP contribution in [0.25, 0.3) is 0 Å². The molecular weight excluding hydrogens is 235 g/mol. The van der Waals surface area contributed by atoms with E-state index < -0.39 is 0 Å². The van der Waals surface area contributed by atoms with Crippen molar-refractivity contribution in [2.75, 3.05) is 0 Å². The zero-order chi connectivity index (χ0) is 8.15. The third-order valence-corrected chi connectivity index (χ3v) is 1.58. The first-order valence-electron chi connectivity index (χ1n) is 3.25. The number of hydrogen-bond donors (Lipinski definition) is 0. The molecule has 0 atom stereocenters. The van der Waals surface area contributed by atoms with Gasteiger partial charge in [0, 0.05) is 3.58 Å². The van der Waals surface area contributed by atoms with Crippen molar-refractivity contribution in [2.45, 2.75) is 13.8 Å². The highest BCUT2D eigenvalue weighted by molar-refractivity contribution is 14.1. The second-order valence-corrected chi connectivity index (χ2v) is 3.90. The Labute approximate surface area is 76.9 Å². The minimum atomic E-state index is 0.534. The smallest absolute Gasteiger partial charge is 0.00580 e. The minimum Gasteiger partial charge on any atom is -0.0956 e. The van der Waals surface area contributed by atoms with Crippen molar-refractivity contribution >= 4 is 22.6 Å². The second kappa shape index (κ2) is 4.72. The molecule has 0 unspecified atom stereocenters. The van der Waals surface area contributed by atoms with Crippen LogP contribution in [0.15, 0.2) is 34.5 Å². The number of halogens is 1. The molecule has 0 nitrogen and oxygen atoms in total. The van der Waals surface area contributed by atoms with E-state index in [9.17, 15) is 0 Å². The van der Waals surface area contributed by atoms with Crippen molar-refractivity contribution in [3.63, 3.8) is 0 Å². The average Bonchev–Trinajstić information content (AvgIpc) is 1.82. The molecule has 0 aliphatic heterocycles. The molecule has 0 aliphatic rings. The van der Waals surface area contributed by atoms with Gasteiger partial charge in [-0.2, -0.15) is 0 Å². The Kier molecular flexibility index (Phi) is 4.69. The first kappa shape index (κ1) is 9.95. The Morgan fingerprint density at radius 3 is 2.10 bits per heavy atom. The second-order valence-electron chi connectivity index (χ2n) is 2.51. The summed E-state index contributed by atoms with van der Waals surface area (Å²) in [7, 11) is 0. The van der Waals surface area contributed by atoms with Crippen LogP contribution in [0.1, 0.15) is 13.8 Å². The molecule has 0 bridgehead atoms. The lowest BCUT2D eigenvalue weighted by atomic mass is 10.1. The van der Waals surface area contributed by atoms with E-state index in [0.29, 0.717) is 5.92 Å². The van der Waals surface area contributed by atoms with Gasteiger partial charge in [-0.15, -0.1) is 0 Å². The SMILES string of the molecule is C=C(I)/C=C\C(=C)C(C)C. The van der Waals surface area contributed by atoms with Gasteiger partial charge < -0.3 is 0 Å². The highest BCUT2D eigenvalue weighted by Gasteiger charge is 1.93. The summed E-state index contributed by atoms with van der Waals surface area (Å²) in [6, 6.07) is 0. The molecule has 56 valence electrons. The maximum Gasteiger partial charge on any atom is 0.00580 e. The maximum absolute atomic E-state index is 3.89. The summed E-state index contributed by atoms with van der Waals surface area (Å²) < 4.78 is 1.04. The first-order chi connectivity index (χ1) is 4.54. The van der Waals surface area contributed by atoms with Crippen LogP contribution in [0, 0.1) is 5.92 Å². The summed E-state index contributed by atoms with van der Waals surface area (Å²) in [5.74, 6) is 0.534. The monoisotopic (exact) mass is 248 g/mol. The predicted octanol–water partition coefficient (Wildman–Crippen LogP) is 3.70. The van der Waals surface area contributed by atoms with Crippen LogP contribution in [-0.4, -0.2) is 0 Å². The normalized spacial score (nSPS) is 10.8. The number of allylic oxidation sites excluding steroid dienone is 4. The average molecular weight is 248 g/mol. The van der Waals surface area contributed by atoms with Gasteiger partial charge in [-0.05, 0) is 34.6 Å². The summed E-state index contributed by atoms with van der Waals surface area (Å²) in [5.41, 5.74) is 1.15. The number of hydrogen-bond acceptors (Lipinski definition) is 0. The van der Waals surface area contributed by atoms with Gasteiger partial charge in [-0.25, -0.2) is 0 Å². The summed E-state index contributed by atoms with van der Waals surface area (Å²) in [5, 5.41) is 0. The van der Waals surface area contributed by atoms with Crippen molar-refractivity contribution in [1.29, 1.82) is 0 Å². The van der Waals surface area contributed by atoms with Crippen molar-refractivity contribution in [3.05, 3.63) is 34.5 Å². The third-order valence-electron chi connectivity index (χ3n) is 1.22. The van der Waals surface area contributed by atoms with E-state index in [0.717, 1.165) is 9.15 Å². The molecule has 10 heavy (non-hydrogen) atoms. The van der Waals surface area contributed by atoms with Gasteiger partial charge in [0.25, 0.3) is 0 Å². The van der Waals surface area contributed by atoms with E-state index >= 15 is 0 Å². The molecule has 1 heteroatoms. The summed E-state index contributed by atoms with van der Waals surface area (Å²) in [6.45, 7) is 11.9. The Morgan fingerprint density at radius 2 is 1.80 bits per heavy atom. The van der Waals surface area contributed by atoms with E-state index in [1.807, 2.05) is 12.2 Å². The van der Waals surface area contributed by atoms with Crippen molar-refractivity contribution in [3.8, 4) is 0 Å². The van der Waals surface area contributed by atoms with Gasteiger partial charge in [-0.3, -0.25) is 0 Å². The van der Waals surface area contributed by atoms with E-state index in [1.54, 1.807) is 0 Å². The largest absolute Gasteiger partial charge is 0.0956 e. The van der Waals surface area contributed by atoms with Gasteiger partial charge in [0.1, 0.15) is 0 Å². The molecule has 0 radical (unpaired) electrons. The molecule has 0 aromatic rings.